The molecular formula is C20H19NO5S2. The Morgan fingerprint density at radius 1 is 1.07 bits per heavy atom. The molecule has 3 rings (SSSR count). The topological polar surface area (TPSA) is 104 Å². The number of hydrogen-bond donors (Lipinski definition) is 3. The highest BCUT2D eigenvalue weighted by molar-refractivity contribution is 8.00. The lowest BCUT2D eigenvalue weighted by Gasteiger charge is -2.15. The molecule has 3 aromatic rings. The van der Waals surface area contributed by atoms with Crippen LogP contribution in [0, 0.1) is 13.8 Å². The zero-order valence-corrected chi connectivity index (χ0v) is 16.9. The molecule has 8 heteroatoms. The number of aryl methyl sites for hydroxylation is 2. The first-order chi connectivity index (χ1) is 13.2. The maximum Gasteiger partial charge on any atom is 0.313 e. The van der Waals surface area contributed by atoms with Gasteiger partial charge >= 0.3 is 5.97 Å². The lowest BCUT2D eigenvalue weighted by atomic mass is 10.1. The second-order valence-corrected chi connectivity index (χ2v) is 9.04. The fraction of sp³-hybridized carbons (Fsp3) is 0.150. The second-order valence-electron chi connectivity index (χ2n) is 6.37. The van der Waals surface area contributed by atoms with Gasteiger partial charge in [0.1, 0.15) is 5.75 Å². The molecule has 0 aliphatic rings. The van der Waals surface area contributed by atoms with Crippen LogP contribution in [0.1, 0.15) is 11.1 Å². The highest BCUT2D eigenvalue weighted by Crippen LogP contribution is 2.40. The Labute approximate surface area is 167 Å². The maximum atomic E-state index is 13.0. The summed E-state index contributed by atoms with van der Waals surface area (Å²) in [6.45, 7) is 3.61. The summed E-state index contributed by atoms with van der Waals surface area (Å²) < 4.78 is 28.5. The molecule has 3 N–H and O–H groups in total. The number of thioether (sulfide) groups is 1. The first-order valence-corrected chi connectivity index (χ1v) is 10.9. The molecular weight excluding hydrogens is 398 g/mol. The first kappa shape index (κ1) is 20.0. The average Bonchev–Trinajstić information content (AvgIpc) is 2.62. The summed E-state index contributed by atoms with van der Waals surface area (Å²) in [5.41, 5.74) is 1.86. The number of fused-ring (bicyclic) bond motifs is 1. The Kier molecular flexibility index (Phi) is 5.53. The summed E-state index contributed by atoms with van der Waals surface area (Å²) in [6.07, 6.45) is 0. The van der Waals surface area contributed by atoms with Gasteiger partial charge < -0.3 is 10.2 Å². The zero-order chi connectivity index (χ0) is 20.5. The number of sulfonamides is 1. The van der Waals surface area contributed by atoms with Crippen molar-refractivity contribution in [2.45, 2.75) is 23.6 Å². The number of phenols is 1. The molecule has 0 aromatic heterocycles. The highest BCUT2D eigenvalue weighted by Gasteiger charge is 2.20. The van der Waals surface area contributed by atoms with Crippen LogP contribution >= 0.6 is 11.8 Å². The van der Waals surface area contributed by atoms with Gasteiger partial charge in [0.15, 0.2) is 0 Å². The predicted molar refractivity (Wildman–Crippen MR) is 111 cm³/mol. The summed E-state index contributed by atoms with van der Waals surface area (Å²) in [4.78, 5) is 11.4. The van der Waals surface area contributed by atoms with Gasteiger partial charge in [-0.05, 0) is 31.5 Å². The first-order valence-electron chi connectivity index (χ1n) is 8.38. The van der Waals surface area contributed by atoms with Gasteiger partial charge in [-0.15, -0.1) is 11.8 Å². The van der Waals surface area contributed by atoms with E-state index in [1.807, 2.05) is 6.92 Å². The monoisotopic (exact) mass is 417 g/mol. The minimum absolute atomic E-state index is 0.0729. The minimum atomic E-state index is -3.87. The van der Waals surface area contributed by atoms with E-state index in [9.17, 15) is 18.3 Å². The van der Waals surface area contributed by atoms with Gasteiger partial charge in [0, 0.05) is 10.8 Å². The summed E-state index contributed by atoms with van der Waals surface area (Å²) >= 11 is 0.927. The predicted octanol–water partition coefficient (Wildman–Crippen LogP) is 4.14. The SMILES string of the molecule is Cc1ccc(S(=O)(=O)Nc2cc(SCC(=O)O)c(O)c3ccccc23)c(C)c1. The van der Waals surface area contributed by atoms with Gasteiger partial charge in [-0.25, -0.2) is 8.42 Å². The lowest BCUT2D eigenvalue weighted by molar-refractivity contribution is -0.133. The van der Waals surface area contributed by atoms with Gasteiger partial charge in [-0.2, -0.15) is 0 Å². The number of hydrogen-bond acceptors (Lipinski definition) is 5. The van der Waals surface area contributed by atoms with Gasteiger partial charge in [0.2, 0.25) is 0 Å². The molecule has 0 heterocycles. The van der Waals surface area contributed by atoms with Gasteiger partial charge in [-0.1, -0.05) is 42.0 Å². The number of nitrogens with one attached hydrogen (secondary N) is 1. The number of anilines is 1. The van der Waals surface area contributed by atoms with Crippen molar-refractivity contribution in [1.82, 2.24) is 0 Å². The van der Waals surface area contributed by atoms with Crippen LogP contribution in [0.4, 0.5) is 5.69 Å². The molecule has 0 saturated heterocycles. The van der Waals surface area contributed by atoms with Crippen molar-refractivity contribution in [2.75, 3.05) is 10.5 Å². The van der Waals surface area contributed by atoms with Crippen LogP contribution in [0.5, 0.6) is 5.75 Å². The standard InChI is InChI=1S/C20H19NO5S2/c1-12-7-8-18(13(2)9-12)28(25,26)21-16-10-17(27-11-19(22)23)20(24)15-6-4-3-5-14(15)16/h3-10,21,24H,11H2,1-2H3,(H,22,23). The molecule has 0 amide bonds. The number of rotatable bonds is 6. The quantitative estimate of drug-likeness (QED) is 0.411. The molecule has 0 bridgehead atoms. The number of aromatic hydroxyl groups is 1. The third-order valence-electron chi connectivity index (χ3n) is 4.20. The number of carbonyl (C=O) groups is 1. The van der Waals surface area contributed by atoms with Crippen molar-refractivity contribution in [3.8, 4) is 5.75 Å². The Balaban J connectivity index is 2.11. The Morgan fingerprint density at radius 2 is 1.75 bits per heavy atom. The summed E-state index contributed by atoms with van der Waals surface area (Å²) in [6, 6.07) is 13.3. The molecule has 0 radical (unpaired) electrons. The molecule has 0 saturated carbocycles. The third kappa shape index (κ3) is 4.07. The van der Waals surface area contributed by atoms with Crippen molar-refractivity contribution < 1.29 is 23.4 Å². The maximum absolute atomic E-state index is 13.0. The summed E-state index contributed by atoms with van der Waals surface area (Å²) in [5, 5.41) is 20.4. The van der Waals surface area contributed by atoms with Crippen LogP contribution in [0.3, 0.4) is 0 Å². The van der Waals surface area contributed by atoms with E-state index in [4.69, 9.17) is 5.11 Å². The molecule has 28 heavy (non-hydrogen) atoms. The summed E-state index contributed by atoms with van der Waals surface area (Å²) in [7, 11) is -3.87. The molecule has 3 aromatic carbocycles. The van der Waals surface area contributed by atoms with E-state index in [-0.39, 0.29) is 22.1 Å². The molecule has 0 spiro atoms. The van der Waals surface area contributed by atoms with Crippen LogP contribution in [-0.4, -0.2) is 30.4 Å². The molecule has 0 unspecified atom stereocenters. The van der Waals surface area contributed by atoms with E-state index in [0.29, 0.717) is 21.2 Å². The average molecular weight is 418 g/mol. The van der Waals surface area contributed by atoms with Crippen LogP contribution in [-0.2, 0) is 14.8 Å². The van der Waals surface area contributed by atoms with Crippen molar-refractivity contribution in [3.63, 3.8) is 0 Å². The normalized spacial score (nSPS) is 11.5. The number of aliphatic carboxylic acids is 1. The van der Waals surface area contributed by atoms with Crippen LogP contribution in [0.15, 0.2) is 58.3 Å². The van der Waals surface area contributed by atoms with Crippen molar-refractivity contribution in [1.29, 1.82) is 0 Å². The van der Waals surface area contributed by atoms with Crippen LogP contribution in [0.25, 0.3) is 10.8 Å². The smallest absolute Gasteiger partial charge is 0.313 e. The third-order valence-corrected chi connectivity index (χ3v) is 6.74. The molecule has 0 fully saturated rings. The highest BCUT2D eigenvalue weighted by atomic mass is 32.2. The van der Waals surface area contributed by atoms with E-state index >= 15 is 0 Å². The Hall–Kier alpha value is -2.71. The van der Waals surface area contributed by atoms with E-state index in [2.05, 4.69) is 4.72 Å². The van der Waals surface area contributed by atoms with Crippen molar-refractivity contribution in [3.05, 3.63) is 59.7 Å². The van der Waals surface area contributed by atoms with Gasteiger partial charge in [-0.3, -0.25) is 9.52 Å². The Bertz CT molecular complexity index is 1170. The number of carboxylic acids is 1. The summed E-state index contributed by atoms with van der Waals surface area (Å²) in [5.74, 6) is -1.36. The molecule has 0 atom stereocenters. The van der Waals surface area contributed by atoms with E-state index in [1.165, 1.54) is 6.07 Å². The molecule has 0 aliphatic heterocycles. The largest absolute Gasteiger partial charge is 0.506 e. The van der Waals surface area contributed by atoms with E-state index in [0.717, 1.165) is 17.3 Å². The number of phenolic OH excluding ortho intramolecular Hbond substituents is 1. The minimum Gasteiger partial charge on any atom is -0.506 e. The molecule has 6 nitrogen and oxygen atoms in total. The number of benzene rings is 3. The van der Waals surface area contributed by atoms with E-state index < -0.39 is 16.0 Å². The van der Waals surface area contributed by atoms with Gasteiger partial charge in [0.05, 0.1) is 21.2 Å². The van der Waals surface area contributed by atoms with Crippen LogP contribution in [0.2, 0.25) is 0 Å². The zero-order valence-electron chi connectivity index (χ0n) is 15.3. The van der Waals surface area contributed by atoms with Crippen molar-refractivity contribution in [2.24, 2.45) is 0 Å². The fourth-order valence-corrected chi connectivity index (χ4v) is 4.99. The van der Waals surface area contributed by atoms with Crippen molar-refractivity contribution >= 4 is 44.2 Å². The van der Waals surface area contributed by atoms with Gasteiger partial charge in [0.25, 0.3) is 10.0 Å². The fourth-order valence-electron chi connectivity index (χ4n) is 2.97. The lowest BCUT2D eigenvalue weighted by Crippen LogP contribution is -2.14. The van der Waals surface area contributed by atoms with E-state index in [1.54, 1.807) is 49.4 Å². The Morgan fingerprint density at radius 3 is 2.39 bits per heavy atom. The molecule has 146 valence electrons. The molecule has 0 aliphatic carbocycles. The second kappa shape index (κ2) is 7.73. The van der Waals surface area contributed by atoms with Crippen LogP contribution < -0.4 is 4.72 Å². The number of carboxylic acid groups (broad SMARTS) is 1.